The van der Waals surface area contributed by atoms with Crippen LogP contribution in [-0.2, 0) is 6.42 Å². The van der Waals surface area contributed by atoms with Gasteiger partial charge in [-0.2, -0.15) is 0 Å². The zero-order valence-corrected chi connectivity index (χ0v) is 14.0. The summed E-state index contributed by atoms with van der Waals surface area (Å²) in [4.78, 5) is 2.09. The molecular formula is C15H24BrNO2. The minimum absolute atomic E-state index is 0.243. The third-order valence-corrected chi connectivity index (χ3v) is 4.60. The van der Waals surface area contributed by atoms with Gasteiger partial charge in [0.1, 0.15) is 5.75 Å². The highest BCUT2D eigenvalue weighted by atomic mass is 79.9. The number of aliphatic hydroxyl groups is 1. The molecule has 0 heterocycles. The smallest absolute Gasteiger partial charge is 0.122 e. The molecule has 108 valence electrons. The molecule has 0 bridgehead atoms. The van der Waals surface area contributed by atoms with E-state index in [1.807, 2.05) is 32.3 Å². The van der Waals surface area contributed by atoms with Crippen LogP contribution in [0.25, 0.3) is 0 Å². The van der Waals surface area contributed by atoms with E-state index >= 15 is 0 Å². The Kier molecular flexibility index (Phi) is 5.83. The molecule has 1 rings (SSSR count). The number of likely N-dealkylation sites (N-methyl/N-ethyl adjacent to an activating group) is 1. The van der Waals surface area contributed by atoms with Gasteiger partial charge in [-0.3, -0.25) is 0 Å². The molecule has 1 aromatic carbocycles. The summed E-state index contributed by atoms with van der Waals surface area (Å²) in [6.07, 6.45) is 1.01. The lowest BCUT2D eigenvalue weighted by molar-refractivity contribution is 0.00272. The lowest BCUT2D eigenvalue weighted by Gasteiger charge is -2.40. The lowest BCUT2D eigenvalue weighted by Crippen LogP contribution is -2.51. The van der Waals surface area contributed by atoms with Crippen molar-refractivity contribution < 1.29 is 9.84 Å². The predicted molar refractivity (Wildman–Crippen MR) is 82.8 cm³/mol. The van der Waals surface area contributed by atoms with Crippen LogP contribution in [0.3, 0.4) is 0 Å². The Morgan fingerprint density at radius 1 is 1.42 bits per heavy atom. The first-order valence-electron chi connectivity index (χ1n) is 6.53. The fraction of sp³-hybridized carbons (Fsp3) is 0.600. The van der Waals surface area contributed by atoms with Crippen molar-refractivity contribution in [2.24, 2.45) is 0 Å². The highest BCUT2D eigenvalue weighted by Crippen LogP contribution is 2.29. The summed E-state index contributed by atoms with van der Waals surface area (Å²) < 4.78 is 6.36. The molecule has 0 saturated carbocycles. The van der Waals surface area contributed by atoms with Crippen molar-refractivity contribution in [1.82, 2.24) is 4.90 Å². The summed E-state index contributed by atoms with van der Waals surface area (Å²) in [5.74, 6) is 0.819. The van der Waals surface area contributed by atoms with Crippen LogP contribution < -0.4 is 4.74 Å². The van der Waals surface area contributed by atoms with Crippen LogP contribution >= 0.6 is 15.9 Å². The molecule has 0 radical (unpaired) electrons. The number of ether oxygens (including phenoxy) is 1. The Hall–Kier alpha value is -0.580. The third kappa shape index (κ3) is 3.71. The molecule has 0 fully saturated rings. The average Bonchev–Trinajstić information content (AvgIpc) is 2.37. The number of hydrogen-bond donors (Lipinski definition) is 1. The van der Waals surface area contributed by atoms with Crippen molar-refractivity contribution in [2.45, 2.75) is 38.3 Å². The Balaban J connectivity index is 2.98. The second-order valence-electron chi connectivity index (χ2n) is 5.28. The van der Waals surface area contributed by atoms with Crippen LogP contribution in [0.4, 0.5) is 0 Å². The zero-order valence-electron chi connectivity index (χ0n) is 12.4. The first-order chi connectivity index (χ1) is 8.85. The maximum Gasteiger partial charge on any atom is 0.122 e. The van der Waals surface area contributed by atoms with Crippen LogP contribution in [0.2, 0.25) is 0 Å². The monoisotopic (exact) mass is 329 g/mol. The van der Waals surface area contributed by atoms with Gasteiger partial charge in [0.25, 0.3) is 0 Å². The first-order valence-corrected chi connectivity index (χ1v) is 7.32. The summed E-state index contributed by atoms with van der Waals surface area (Å²) >= 11 is 3.46. The summed E-state index contributed by atoms with van der Waals surface area (Å²) in [5, 5.41) is 10.6. The maximum absolute atomic E-state index is 10.6. The molecule has 0 aliphatic carbocycles. The molecule has 0 spiro atoms. The van der Waals surface area contributed by atoms with Gasteiger partial charge in [0.15, 0.2) is 0 Å². The number of hydrogen-bond acceptors (Lipinski definition) is 3. The van der Waals surface area contributed by atoms with E-state index in [2.05, 4.69) is 34.7 Å². The molecule has 0 aliphatic rings. The van der Waals surface area contributed by atoms with Crippen molar-refractivity contribution in [2.75, 3.05) is 21.2 Å². The predicted octanol–water partition coefficient (Wildman–Crippen LogP) is 3.09. The van der Waals surface area contributed by atoms with Crippen LogP contribution in [-0.4, -0.2) is 42.9 Å². The topological polar surface area (TPSA) is 32.7 Å². The summed E-state index contributed by atoms with van der Waals surface area (Å²) in [5.41, 5.74) is 0.777. The van der Waals surface area contributed by atoms with E-state index in [4.69, 9.17) is 4.74 Å². The second-order valence-corrected chi connectivity index (χ2v) is 6.20. The second kappa shape index (κ2) is 6.73. The number of methoxy groups -OCH3 is 1. The number of rotatable bonds is 6. The van der Waals surface area contributed by atoms with Gasteiger partial charge < -0.3 is 14.7 Å². The Morgan fingerprint density at radius 2 is 2.05 bits per heavy atom. The SMILES string of the molecule is CCC(C)(C(O)Cc1cc(Br)ccc1OC)N(C)C. The first kappa shape index (κ1) is 16.5. The zero-order chi connectivity index (χ0) is 14.6. The number of aliphatic hydroxyl groups excluding tert-OH is 1. The minimum Gasteiger partial charge on any atom is -0.496 e. The van der Waals surface area contributed by atoms with Gasteiger partial charge >= 0.3 is 0 Å². The van der Waals surface area contributed by atoms with Gasteiger partial charge in [0, 0.05) is 16.4 Å². The van der Waals surface area contributed by atoms with Crippen LogP contribution in [0.1, 0.15) is 25.8 Å². The van der Waals surface area contributed by atoms with E-state index in [1.165, 1.54) is 0 Å². The van der Waals surface area contributed by atoms with E-state index in [0.717, 1.165) is 22.2 Å². The van der Waals surface area contributed by atoms with Gasteiger partial charge in [-0.1, -0.05) is 22.9 Å². The van der Waals surface area contributed by atoms with Crippen molar-refractivity contribution in [3.8, 4) is 5.75 Å². The van der Waals surface area contributed by atoms with Gasteiger partial charge in [-0.25, -0.2) is 0 Å². The fourth-order valence-corrected chi connectivity index (χ4v) is 2.59. The normalized spacial score (nSPS) is 16.2. The molecule has 0 aromatic heterocycles. The third-order valence-electron chi connectivity index (χ3n) is 4.11. The standard InChI is InChI=1S/C15H24BrNO2/c1-6-15(2,17(3)4)14(18)10-11-9-12(16)7-8-13(11)19-5/h7-9,14,18H,6,10H2,1-5H3. The highest BCUT2D eigenvalue weighted by molar-refractivity contribution is 9.10. The highest BCUT2D eigenvalue weighted by Gasteiger charge is 2.33. The lowest BCUT2D eigenvalue weighted by atomic mass is 9.86. The van der Waals surface area contributed by atoms with E-state index in [0.29, 0.717) is 6.42 Å². The summed E-state index contributed by atoms with van der Waals surface area (Å²) in [6.45, 7) is 4.18. The van der Waals surface area contributed by atoms with Crippen LogP contribution in [0, 0.1) is 0 Å². The van der Waals surface area contributed by atoms with Gasteiger partial charge in [0.2, 0.25) is 0 Å². The molecule has 0 amide bonds. The minimum atomic E-state index is -0.448. The van der Waals surface area contributed by atoms with Crippen molar-refractivity contribution >= 4 is 15.9 Å². The molecule has 0 aliphatic heterocycles. The van der Waals surface area contributed by atoms with E-state index < -0.39 is 6.10 Å². The molecule has 19 heavy (non-hydrogen) atoms. The Bertz CT molecular complexity index is 423. The van der Waals surface area contributed by atoms with Gasteiger partial charge in [-0.15, -0.1) is 0 Å². The molecule has 1 N–H and O–H groups in total. The molecule has 4 heteroatoms. The van der Waals surface area contributed by atoms with Crippen molar-refractivity contribution in [3.05, 3.63) is 28.2 Å². The van der Waals surface area contributed by atoms with Crippen LogP contribution in [0.5, 0.6) is 5.75 Å². The number of halogens is 1. The van der Waals surface area contributed by atoms with E-state index in [1.54, 1.807) is 7.11 Å². The number of benzene rings is 1. The average molecular weight is 330 g/mol. The number of nitrogens with zero attached hydrogens (tertiary/aromatic N) is 1. The fourth-order valence-electron chi connectivity index (χ4n) is 2.18. The van der Waals surface area contributed by atoms with Crippen molar-refractivity contribution in [1.29, 1.82) is 0 Å². The molecule has 1 aromatic rings. The van der Waals surface area contributed by atoms with E-state index in [-0.39, 0.29) is 5.54 Å². The largest absolute Gasteiger partial charge is 0.496 e. The Labute approximate surface area is 124 Å². The molecule has 2 atom stereocenters. The summed E-state index contributed by atoms with van der Waals surface area (Å²) in [6, 6.07) is 5.87. The molecule has 2 unspecified atom stereocenters. The molecule has 3 nitrogen and oxygen atoms in total. The molecule has 0 saturated heterocycles. The molecular weight excluding hydrogens is 306 g/mol. The summed E-state index contributed by atoms with van der Waals surface area (Å²) in [7, 11) is 5.67. The van der Waals surface area contributed by atoms with Crippen LogP contribution in [0.15, 0.2) is 22.7 Å². The maximum atomic E-state index is 10.6. The quantitative estimate of drug-likeness (QED) is 0.870. The van der Waals surface area contributed by atoms with Crippen molar-refractivity contribution in [3.63, 3.8) is 0 Å². The van der Waals surface area contributed by atoms with E-state index in [9.17, 15) is 5.11 Å². The Morgan fingerprint density at radius 3 is 2.53 bits per heavy atom. The van der Waals surface area contributed by atoms with Gasteiger partial charge in [-0.05, 0) is 51.2 Å². The van der Waals surface area contributed by atoms with Gasteiger partial charge in [0.05, 0.1) is 13.2 Å².